The summed E-state index contributed by atoms with van der Waals surface area (Å²) >= 11 is 0. The normalized spacial score (nSPS) is 10.6. The van der Waals surface area contributed by atoms with Crippen LogP contribution in [0.25, 0.3) is 22.1 Å². The van der Waals surface area contributed by atoms with Crippen LogP contribution in [0.5, 0.6) is 0 Å². The zero-order valence-corrected chi connectivity index (χ0v) is 10.5. The predicted molar refractivity (Wildman–Crippen MR) is 76.4 cm³/mol. The standard InChI is InChI=1S/C16H11NO3/c17-15(18)14-11-8-4-5-9-12(11)20-16(19)13(14)10-6-2-1-3-7-10/h1-9H,(H2,17,18). The molecule has 1 heterocycles. The van der Waals surface area contributed by atoms with Gasteiger partial charge in [0.2, 0.25) is 5.91 Å². The Morgan fingerprint density at radius 2 is 1.60 bits per heavy atom. The van der Waals surface area contributed by atoms with Crippen LogP contribution in [-0.4, -0.2) is 5.91 Å². The lowest BCUT2D eigenvalue weighted by molar-refractivity contribution is 0.100. The summed E-state index contributed by atoms with van der Waals surface area (Å²) in [5.74, 6) is -0.645. The van der Waals surface area contributed by atoms with Gasteiger partial charge in [0.15, 0.2) is 0 Å². The zero-order chi connectivity index (χ0) is 14.1. The van der Waals surface area contributed by atoms with Gasteiger partial charge in [0, 0.05) is 5.39 Å². The highest BCUT2D eigenvalue weighted by atomic mass is 16.4. The lowest BCUT2D eigenvalue weighted by Gasteiger charge is -2.08. The number of carbonyl (C=O) groups is 1. The molecule has 4 nitrogen and oxygen atoms in total. The van der Waals surface area contributed by atoms with Gasteiger partial charge in [-0.25, -0.2) is 4.79 Å². The Morgan fingerprint density at radius 1 is 0.950 bits per heavy atom. The third kappa shape index (κ3) is 1.87. The van der Waals surface area contributed by atoms with Gasteiger partial charge in [0.05, 0.1) is 11.1 Å². The van der Waals surface area contributed by atoms with E-state index in [4.69, 9.17) is 10.2 Å². The van der Waals surface area contributed by atoms with Crippen molar-refractivity contribution < 1.29 is 9.21 Å². The Morgan fingerprint density at radius 3 is 2.30 bits per heavy atom. The summed E-state index contributed by atoms with van der Waals surface area (Å²) in [7, 11) is 0. The number of para-hydroxylation sites is 1. The second kappa shape index (κ2) is 4.66. The van der Waals surface area contributed by atoms with Crippen LogP contribution < -0.4 is 11.4 Å². The first-order chi connectivity index (χ1) is 9.68. The molecule has 1 aromatic heterocycles. The molecule has 0 radical (unpaired) electrons. The fraction of sp³-hybridized carbons (Fsp3) is 0. The van der Waals surface area contributed by atoms with Crippen molar-refractivity contribution in [3.8, 4) is 11.1 Å². The Labute approximate surface area is 114 Å². The zero-order valence-electron chi connectivity index (χ0n) is 10.5. The first kappa shape index (κ1) is 12.2. The lowest BCUT2D eigenvalue weighted by Crippen LogP contribution is -2.18. The van der Waals surface area contributed by atoms with Crippen LogP contribution in [0.3, 0.4) is 0 Å². The predicted octanol–water partition coefficient (Wildman–Crippen LogP) is 2.56. The smallest absolute Gasteiger partial charge is 0.345 e. The second-order valence-corrected chi connectivity index (χ2v) is 4.37. The maximum absolute atomic E-state index is 12.2. The maximum atomic E-state index is 12.2. The molecular weight excluding hydrogens is 254 g/mol. The molecular formula is C16H11NO3. The highest BCUT2D eigenvalue weighted by Crippen LogP contribution is 2.26. The van der Waals surface area contributed by atoms with Crippen molar-refractivity contribution in [1.29, 1.82) is 0 Å². The van der Waals surface area contributed by atoms with Gasteiger partial charge in [-0.15, -0.1) is 0 Å². The summed E-state index contributed by atoms with van der Waals surface area (Å²) in [6.07, 6.45) is 0. The SMILES string of the molecule is NC(=O)c1c(-c2ccccc2)c(=O)oc2ccccc12. The fourth-order valence-corrected chi connectivity index (χ4v) is 2.27. The molecule has 3 rings (SSSR count). The summed E-state index contributed by atoms with van der Waals surface area (Å²) < 4.78 is 5.27. The molecule has 0 spiro atoms. The Hall–Kier alpha value is -2.88. The summed E-state index contributed by atoms with van der Waals surface area (Å²) in [5, 5.41) is 0.540. The van der Waals surface area contributed by atoms with Gasteiger partial charge < -0.3 is 10.2 Å². The molecule has 0 bridgehead atoms. The van der Waals surface area contributed by atoms with Gasteiger partial charge in [-0.1, -0.05) is 48.5 Å². The van der Waals surface area contributed by atoms with E-state index in [0.717, 1.165) is 0 Å². The first-order valence-corrected chi connectivity index (χ1v) is 6.09. The molecule has 2 N–H and O–H groups in total. The fourth-order valence-electron chi connectivity index (χ4n) is 2.27. The van der Waals surface area contributed by atoms with E-state index in [0.29, 0.717) is 16.5 Å². The highest BCUT2D eigenvalue weighted by molar-refractivity contribution is 6.10. The molecule has 0 aliphatic rings. The van der Waals surface area contributed by atoms with E-state index < -0.39 is 11.5 Å². The summed E-state index contributed by atoms with van der Waals surface area (Å²) in [5.41, 5.74) is 6.27. The van der Waals surface area contributed by atoms with E-state index in [1.807, 2.05) is 6.07 Å². The van der Waals surface area contributed by atoms with Gasteiger partial charge in [-0.05, 0) is 11.6 Å². The van der Waals surface area contributed by atoms with E-state index >= 15 is 0 Å². The number of amides is 1. The van der Waals surface area contributed by atoms with Gasteiger partial charge in [-0.3, -0.25) is 4.79 Å². The minimum atomic E-state index is -0.645. The molecule has 2 aromatic carbocycles. The number of rotatable bonds is 2. The quantitative estimate of drug-likeness (QED) is 0.724. The molecule has 3 aromatic rings. The van der Waals surface area contributed by atoms with Crippen molar-refractivity contribution in [3.63, 3.8) is 0 Å². The average Bonchev–Trinajstić information content (AvgIpc) is 2.46. The third-order valence-corrected chi connectivity index (χ3v) is 3.12. The molecule has 0 fully saturated rings. The van der Waals surface area contributed by atoms with Crippen molar-refractivity contribution in [2.24, 2.45) is 5.73 Å². The molecule has 0 aliphatic heterocycles. The number of fused-ring (bicyclic) bond motifs is 1. The van der Waals surface area contributed by atoms with E-state index in [-0.39, 0.29) is 11.1 Å². The third-order valence-electron chi connectivity index (χ3n) is 3.12. The van der Waals surface area contributed by atoms with Crippen molar-refractivity contribution >= 4 is 16.9 Å². The maximum Gasteiger partial charge on any atom is 0.345 e. The molecule has 0 unspecified atom stereocenters. The molecule has 1 amide bonds. The molecule has 0 aliphatic carbocycles. The Kier molecular flexibility index (Phi) is 2.84. The number of hydrogen-bond acceptors (Lipinski definition) is 3. The minimum absolute atomic E-state index is 0.197. The molecule has 20 heavy (non-hydrogen) atoms. The molecule has 0 saturated heterocycles. The number of carbonyl (C=O) groups excluding carboxylic acids is 1. The van der Waals surface area contributed by atoms with Crippen LogP contribution >= 0.6 is 0 Å². The van der Waals surface area contributed by atoms with Crippen LogP contribution in [-0.2, 0) is 0 Å². The van der Waals surface area contributed by atoms with E-state index in [1.54, 1.807) is 48.5 Å². The van der Waals surface area contributed by atoms with Crippen molar-refractivity contribution in [2.45, 2.75) is 0 Å². The summed E-state index contributed by atoms with van der Waals surface area (Å²) in [6.45, 7) is 0. The molecule has 4 heteroatoms. The molecule has 0 saturated carbocycles. The Balaban J connectivity index is 2.48. The van der Waals surface area contributed by atoms with E-state index in [1.165, 1.54) is 0 Å². The van der Waals surface area contributed by atoms with Crippen LogP contribution in [0, 0.1) is 0 Å². The van der Waals surface area contributed by atoms with Gasteiger partial charge in [-0.2, -0.15) is 0 Å². The van der Waals surface area contributed by atoms with E-state index in [9.17, 15) is 9.59 Å². The van der Waals surface area contributed by atoms with Crippen LogP contribution in [0.2, 0.25) is 0 Å². The lowest BCUT2D eigenvalue weighted by atomic mass is 9.98. The average molecular weight is 265 g/mol. The summed E-state index contributed by atoms with van der Waals surface area (Å²) in [4.78, 5) is 24.0. The van der Waals surface area contributed by atoms with Crippen LogP contribution in [0.1, 0.15) is 10.4 Å². The summed E-state index contributed by atoms with van der Waals surface area (Å²) in [6, 6.07) is 15.7. The van der Waals surface area contributed by atoms with Gasteiger partial charge in [0.1, 0.15) is 5.58 Å². The van der Waals surface area contributed by atoms with E-state index in [2.05, 4.69) is 0 Å². The second-order valence-electron chi connectivity index (χ2n) is 4.37. The number of primary amides is 1. The van der Waals surface area contributed by atoms with Gasteiger partial charge >= 0.3 is 5.63 Å². The number of nitrogens with two attached hydrogens (primary N) is 1. The van der Waals surface area contributed by atoms with Crippen molar-refractivity contribution in [1.82, 2.24) is 0 Å². The number of hydrogen-bond donors (Lipinski definition) is 1. The highest BCUT2D eigenvalue weighted by Gasteiger charge is 2.19. The Bertz CT molecular complexity index is 850. The van der Waals surface area contributed by atoms with Crippen LogP contribution in [0.4, 0.5) is 0 Å². The number of benzene rings is 2. The topological polar surface area (TPSA) is 73.3 Å². The van der Waals surface area contributed by atoms with Crippen molar-refractivity contribution in [2.75, 3.05) is 0 Å². The van der Waals surface area contributed by atoms with Crippen molar-refractivity contribution in [3.05, 3.63) is 70.6 Å². The monoisotopic (exact) mass is 265 g/mol. The first-order valence-electron chi connectivity index (χ1n) is 6.09. The van der Waals surface area contributed by atoms with Crippen LogP contribution in [0.15, 0.2) is 63.8 Å². The molecule has 0 atom stereocenters. The van der Waals surface area contributed by atoms with Gasteiger partial charge in [0.25, 0.3) is 0 Å². The largest absolute Gasteiger partial charge is 0.422 e. The minimum Gasteiger partial charge on any atom is -0.422 e. The molecule has 98 valence electrons.